The monoisotopic (exact) mass is 283 g/mol. The average Bonchev–Trinajstić information content (AvgIpc) is 2.90. The molecule has 1 aliphatic heterocycles. The largest absolute Gasteiger partial charge is 0.396 e. The summed E-state index contributed by atoms with van der Waals surface area (Å²) in [6, 6.07) is 0.424. The number of aromatic nitrogens is 2. The molecule has 0 saturated carbocycles. The van der Waals surface area contributed by atoms with Crippen LogP contribution in [0.15, 0.2) is 4.52 Å². The highest BCUT2D eigenvalue weighted by Crippen LogP contribution is 2.22. The summed E-state index contributed by atoms with van der Waals surface area (Å²) in [7, 11) is 0. The Balaban J connectivity index is 1.94. The maximum Gasteiger partial charge on any atom is 0.240 e. The van der Waals surface area contributed by atoms with E-state index in [4.69, 9.17) is 14.4 Å². The van der Waals surface area contributed by atoms with Crippen molar-refractivity contribution in [2.45, 2.75) is 58.2 Å². The van der Waals surface area contributed by atoms with Crippen molar-refractivity contribution in [3.63, 3.8) is 0 Å². The van der Waals surface area contributed by atoms with E-state index in [9.17, 15) is 0 Å². The minimum absolute atomic E-state index is 0.132. The van der Waals surface area contributed by atoms with Crippen molar-refractivity contribution in [2.75, 3.05) is 19.8 Å². The van der Waals surface area contributed by atoms with E-state index < -0.39 is 0 Å². The van der Waals surface area contributed by atoms with E-state index in [2.05, 4.69) is 15.0 Å². The predicted molar refractivity (Wildman–Crippen MR) is 74.1 cm³/mol. The van der Waals surface area contributed by atoms with E-state index in [1.54, 1.807) is 0 Å². The van der Waals surface area contributed by atoms with Gasteiger partial charge in [0.1, 0.15) is 6.10 Å². The van der Waals surface area contributed by atoms with Gasteiger partial charge in [-0.25, -0.2) is 0 Å². The van der Waals surface area contributed by atoms with Crippen LogP contribution in [0.25, 0.3) is 0 Å². The van der Waals surface area contributed by atoms with Gasteiger partial charge in [0.15, 0.2) is 5.82 Å². The van der Waals surface area contributed by atoms with Gasteiger partial charge in [0.25, 0.3) is 0 Å². The summed E-state index contributed by atoms with van der Waals surface area (Å²) in [5, 5.41) is 13.1. The summed E-state index contributed by atoms with van der Waals surface area (Å²) in [6.45, 7) is 6.44. The van der Waals surface area contributed by atoms with Crippen LogP contribution < -0.4 is 0 Å². The van der Waals surface area contributed by atoms with E-state index in [-0.39, 0.29) is 12.7 Å². The molecule has 2 unspecified atom stereocenters. The molecule has 1 aliphatic rings. The predicted octanol–water partition coefficient (Wildman–Crippen LogP) is 1.90. The summed E-state index contributed by atoms with van der Waals surface area (Å²) in [5.74, 6) is 1.24. The molecular weight excluding hydrogens is 258 g/mol. The first kappa shape index (κ1) is 15.4. The molecule has 0 spiro atoms. The van der Waals surface area contributed by atoms with E-state index >= 15 is 0 Å². The Bertz CT molecular complexity index is 395. The van der Waals surface area contributed by atoms with Crippen LogP contribution in [0, 0.1) is 0 Å². The first-order valence-corrected chi connectivity index (χ1v) is 7.53. The molecule has 114 valence electrons. The van der Waals surface area contributed by atoms with Gasteiger partial charge < -0.3 is 14.4 Å². The lowest BCUT2D eigenvalue weighted by Gasteiger charge is -2.34. The van der Waals surface area contributed by atoms with E-state index in [1.165, 1.54) is 12.8 Å². The third kappa shape index (κ3) is 4.01. The molecule has 1 aromatic heterocycles. The molecule has 2 atom stereocenters. The first-order chi connectivity index (χ1) is 9.74. The van der Waals surface area contributed by atoms with Gasteiger partial charge in [-0.05, 0) is 39.7 Å². The zero-order chi connectivity index (χ0) is 14.4. The van der Waals surface area contributed by atoms with E-state index in [0.29, 0.717) is 30.9 Å². The lowest BCUT2D eigenvalue weighted by Crippen LogP contribution is -2.39. The van der Waals surface area contributed by atoms with E-state index in [1.807, 2.05) is 13.8 Å². The Morgan fingerprint density at radius 1 is 1.50 bits per heavy atom. The average molecular weight is 283 g/mol. The highest BCUT2D eigenvalue weighted by atomic mass is 16.5. The van der Waals surface area contributed by atoms with Gasteiger partial charge in [0.05, 0.1) is 6.54 Å². The molecular formula is C14H25N3O3. The zero-order valence-corrected chi connectivity index (χ0v) is 12.4. The number of hydrogen-bond donors (Lipinski definition) is 1. The third-order valence-corrected chi connectivity index (χ3v) is 3.81. The second-order valence-corrected chi connectivity index (χ2v) is 5.28. The number of piperidine rings is 1. The molecule has 6 nitrogen and oxygen atoms in total. The smallest absolute Gasteiger partial charge is 0.240 e. The van der Waals surface area contributed by atoms with Crippen molar-refractivity contribution < 1.29 is 14.4 Å². The third-order valence-electron chi connectivity index (χ3n) is 3.81. The van der Waals surface area contributed by atoms with Crippen molar-refractivity contribution in [3.8, 4) is 0 Å². The molecule has 1 aromatic rings. The normalized spacial score (nSPS) is 22.1. The molecule has 0 bridgehead atoms. The Hall–Kier alpha value is -0.980. The molecule has 1 fully saturated rings. The molecule has 1 saturated heterocycles. The SMILES string of the molecule is CCOC(C)c1noc(CN2CCCCC2CCO)n1. The van der Waals surface area contributed by atoms with Gasteiger partial charge in [-0.2, -0.15) is 4.98 Å². The maximum absolute atomic E-state index is 9.14. The highest BCUT2D eigenvalue weighted by Gasteiger charge is 2.24. The van der Waals surface area contributed by atoms with Crippen molar-refractivity contribution >= 4 is 0 Å². The van der Waals surface area contributed by atoms with Gasteiger partial charge in [0, 0.05) is 19.3 Å². The summed E-state index contributed by atoms with van der Waals surface area (Å²) < 4.78 is 10.8. The van der Waals surface area contributed by atoms with Gasteiger partial charge in [0.2, 0.25) is 5.89 Å². The van der Waals surface area contributed by atoms with Gasteiger partial charge in [-0.3, -0.25) is 4.90 Å². The lowest BCUT2D eigenvalue weighted by molar-refractivity contribution is 0.0683. The number of likely N-dealkylation sites (tertiary alicyclic amines) is 1. The molecule has 0 aromatic carbocycles. The number of ether oxygens (including phenoxy) is 1. The fraction of sp³-hybridized carbons (Fsp3) is 0.857. The molecule has 0 radical (unpaired) electrons. The van der Waals surface area contributed by atoms with Gasteiger partial charge >= 0.3 is 0 Å². The summed E-state index contributed by atoms with van der Waals surface area (Å²) in [5.41, 5.74) is 0. The van der Waals surface area contributed by atoms with Gasteiger partial charge in [-0.1, -0.05) is 11.6 Å². The Kier molecular flexibility index (Phi) is 5.94. The van der Waals surface area contributed by atoms with Crippen LogP contribution in [0.5, 0.6) is 0 Å². The van der Waals surface area contributed by atoms with Crippen molar-refractivity contribution in [3.05, 3.63) is 11.7 Å². The number of rotatable bonds is 7. The highest BCUT2D eigenvalue weighted by molar-refractivity contribution is 4.91. The molecule has 2 rings (SSSR count). The van der Waals surface area contributed by atoms with Crippen molar-refractivity contribution in [1.82, 2.24) is 15.0 Å². The molecule has 2 heterocycles. The molecule has 20 heavy (non-hydrogen) atoms. The van der Waals surface area contributed by atoms with E-state index in [0.717, 1.165) is 19.4 Å². The summed E-state index contributed by atoms with van der Waals surface area (Å²) in [4.78, 5) is 6.75. The summed E-state index contributed by atoms with van der Waals surface area (Å²) in [6.07, 6.45) is 4.25. The fourth-order valence-electron chi connectivity index (χ4n) is 2.74. The number of hydrogen-bond acceptors (Lipinski definition) is 6. The molecule has 6 heteroatoms. The fourth-order valence-corrected chi connectivity index (χ4v) is 2.74. The maximum atomic E-state index is 9.14. The summed E-state index contributed by atoms with van der Waals surface area (Å²) >= 11 is 0. The van der Waals surface area contributed by atoms with Crippen LogP contribution in [-0.2, 0) is 11.3 Å². The topological polar surface area (TPSA) is 71.6 Å². The number of aliphatic hydroxyl groups is 1. The second kappa shape index (κ2) is 7.71. The minimum Gasteiger partial charge on any atom is -0.396 e. The quantitative estimate of drug-likeness (QED) is 0.824. The van der Waals surface area contributed by atoms with Crippen LogP contribution in [0.1, 0.15) is 57.3 Å². The van der Waals surface area contributed by atoms with Crippen molar-refractivity contribution in [1.29, 1.82) is 0 Å². The first-order valence-electron chi connectivity index (χ1n) is 7.53. The van der Waals surface area contributed by atoms with Crippen LogP contribution in [-0.4, -0.2) is 45.9 Å². The van der Waals surface area contributed by atoms with Gasteiger partial charge in [-0.15, -0.1) is 0 Å². The van der Waals surface area contributed by atoms with Crippen LogP contribution in [0.3, 0.4) is 0 Å². The number of aliphatic hydroxyl groups excluding tert-OH is 1. The standard InChI is InChI=1S/C14H25N3O3/c1-3-19-11(2)14-15-13(20-16-14)10-17-8-5-4-6-12(17)7-9-18/h11-12,18H,3-10H2,1-2H3. The Morgan fingerprint density at radius 2 is 2.35 bits per heavy atom. The van der Waals surface area contributed by atoms with Crippen molar-refractivity contribution in [2.24, 2.45) is 0 Å². The minimum atomic E-state index is -0.132. The molecule has 1 N–H and O–H groups in total. The number of nitrogens with zero attached hydrogens (tertiary/aromatic N) is 3. The molecule has 0 aliphatic carbocycles. The van der Waals surface area contributed by atoms with Crippen LogP contribution >= 0.6 is 0 Å². The second-order valence-electron chi connectivity index (χ2n) is 5.28. The molecule has 0 amide bonds. The zero-order valence-electron chi connectivity index (χ0n) is 12.4. The lowest BCUT2D eigenvalue weighted by atomic mass is 10.00. The van der Waals surface area contributed by atoms with Crippen LogP contribution in [0.4, 0.5) is 0 Å². The Labute approximate surface area is 120 Å². The Morgan fingerprint density at radius 3 is 3.10 bits per heavy atom. The van der Waals surface area contributed by atoms with Crippen LogP contribution in [0.2, 0.25) is 0 Å².